The van der Waals surface area contributed by atoms with Gasteiger partial charge in [0.15, 0.2) is 17.3 Å². The van der Waals surface area contributed by atoms with E-state index in [9.17, 15) is 4.79 Å². The molecule has 0 fully saturated rings. The van der Waals surface area contributed by atoms with Crippen molar-refractivity contribution in [3.8, 4) is 11.5 Å². The summed E-state index contributed by atoms with van der Waals surface area (Å²) in [6.07, 6.45) is 3.19. The lowest BCUT2D eigenvalue weighted by Gasteiger charge is -2.08. The first kappa shape index (κ1) is 17.0. The second-order valence-corrected chi connectivity index (χ2v) is 6.64. The molecule has 0 atom stereocenters. The molecule has 3 aromatic rings. The highest BCUT2D eigenvalue weighted by molar-refractivity contribution is 7.14. The number of ether oxygens (including phenoxy) is 2. The average molecular weight is 354 g/mol. The molecular formula is C20H18O4S. The lowest BCUT2D eigenvalue weighted by atomic mass is 10.3. The molecule has 128 valence electrons. The Morgan fingerprint density at radius 2 is 1.92 bits per heavy atom. The number of benzene rings is 1. The summed E-state index contributed by atoms with van der Waals surface area (Å²) < 4.78 is 16.6. The third kappa shape index (κ3) is 4.39. The Morgan fingerprint density at radius 3 is 2.64 bits per heavy atom. The second-order valence-electron chi connectivity index (χ2n) is 5.35. The molecular weight excluding hydrogens is 336 g/mol. The van der Waals surface area contributed by atoms with Crippen molar-refractivity contribution in [2.45, 2.75) is 13.5 Å². The van der Waals surface area contributed by atoms with Gasteiger partial charge in [0.2, 0.25) is 0 Å². The number of para-hydroxylation sites is 2. The molecule has 0 aliphatic heterocycles. The Hall–Kier alpha value is -2.79. The zero-order valence-electron chi connectivity index (χ0n) is 14.0. The quantitative estimate of drug-likeness (QED) is 0.436. The van der Waals surface area contributed by atoms with Gasteiger partial charge in [-0.05, 0) is 55.5 Å². The maximum Gasteiger partial charge on any atom is 0.195 e. The number of carbonyl (C=O) groups excluding carboxylic acids is 1. The fraction of sp³-hybridized carbons (Fsp3) is 0.150. The van der Waals surface area contributed by atoms with Crippen LogP contribution in [-0.2, 0) is 6.61 Å². The number of aryl methyl sites for hydroxylation is 1. The molecule has 4 nitrogen and oxygen atoms in total. The van der Waals surface area contributed by atoms with E-state index in [4.69, 9.17) is 13.9 Å². The largest absolute Gasteiger partial charge is 0.493 e. The standard InChI is InChI=1S/C20H18O4S/c1-14-7-12-20(25-14)17(21)11-10-15-8-9-16(24-15)13-23-19-6-4-3-5-18(19)22-2/h3-12H,13H2,1-2H3/b11-10+. The van der Waals surface area contributed by atoms with Crippen LogP contribution in [0, 0.1) is 6.92 Å². The van der Waals surface area contributed by atoms with Gasteiger partial charge >= 0.3 is 0 Å². The van der Waals surface area contributed by atoms with E-state index in [1.807, 2.05) is 55.5 Å². The van der Waals surface area contributed by atoms with Gasteiger partial charge in [-0.3, -0.25) is 4.79 Å². The van der Waals surface area contributed by atoms with Crippen LogP contribution < -0.4 is 9.47 Å². The van der Waals surface area contributed by atoms with Gasteiger partial charge in [-0.2, -0.15) is 0 Å². The van der Waals surface area contributed by atoms with E-state index in [-0.39, 0.29) is 12.4 Å². The van der Waals surface area contributed by atoms with Crippen molar-refractivity contribution in [3.63, 3.8) is 0 Å². The van der Waals surface area contributed by atoms with Gasteiger partial charge in [-0.25, -0.2) is 0 Å². The van der Waals surface area contributed by atoms with E-state index < -0.39 is 0 Å². The molecule has 3 rings (SSSR count). The summed E-state index contributed by atoms with van der Waals surface area (Å²) >= 11 is 1.48. The maximum absolute atomic E-state index is 12.1. The normalized spacial score (nSPS) is 11.0. The highest BCUT2D eigenvalue weighted by atomic mass is 32.1. The van der Waals surface area contributed by atoms with Crippen molar-refractivity contribution < 1.29 is 18.7 Å². The molecule has 0 bridgehead atoms. The molecule has 0 spiro atoms. The lowest BCUT2D eigenvalue weighted by Crippen LogP contribution is -1.96. The summed E-state index contributed by atoms with van der Waals surface area (Å²) in [5.74, 6) is 2.58. The van der Waals surface area contributed by atoms with Gasteiger partial charge in [0, 0.05) is 4.88 Å². The smallest absolute Gasteiger partial charge is 0.195 e. The van der Waals surface area contributed by atoms with Crippen molar-refractivity contribution in [1.29, 1.82) is 0 Å². The fourth-order valence-corrected chi connectivity index (χ4v) is 3.04. The third-order valence-electron chi connectivity index (χ3n) is 3.50. The van der Waals surface area contributed by atoms with Crippen LogP contribution in [0.1, 0.15) is 26.1 Å². The van der Waals surface area contributed by atoms with Crippen LogP contribution >= 0.6 is 11.3 Å². The van der Waals surface area contributed by atoms with Crippen LogP contribution in [0.4, 0.5) is 0 Å². The third-order valence-corrected chi connectivity index (χ3v) is 4.52. The Kier molecular flexibility index (Phi) is 5.36. The van der Waals surface area contributed by atoms with Crippen molar-refractivity contribution in [1.82, 2.24) is 0 Å². The highest BCUT2D eigenvalue weighted by Gasteiger charge is 2.07. The number of allylic oxidation sites excluding steroid dienone is 1. The second kappa shape index (κ2) is 7.85. The highest BCUT2D eigenvalue weighted by Crippen LogP contribution is 2.27. The molecule has 0 aliphatic rings. The molecule has 0 unspecified atom stereocenters. The van der Waals surface area contributed by atoms with Crippen LogP contribution in [-0.4, -0.2) is 12.9 Å². The van der Waals surface area contributed by atoms with Gasteiger partial charge in [-0.1, -0.05) is 12.1 Å². The number of ketones is 1. The zero-order chi connectivity index (χ0) is 17.6. The molecule has 0 saturated carbocycles. The van der Waals surface area contributed by atoms with E-state index in [2.05, 4.69) is 0 Å². The molecule has 0 amide bonds. The Morgan fingerprint density at radius 1 is 1.12 bits per heavy atom. The number of hydrogen-bond donors (Lipinski definition) is 0. The van der Waals surface area contributed by atoms with E-state index in [1.54, 1.807) is 13.2 Å². The molecule has 25 heavy (non-hydrogen) atoms. The maximum atomic E-state index is 12.1. The zero-order valence-corrected chi connectivity index (χ0v) is 14.8. The topological polar surface area (TPSA) is 48.7 Å². The number of furan rings is 1. The summed E-state index contributed by atoms with van der Waals surface area (Å²) in [5.41, 5.74) is 0. The average Bonchev–Trinajstić information content (AvgIpc) is 3.27. The van der Waals surface area contributed by atoms with Crippen molar-refractivity contribution in [2.75, 3.05) is 7.11 Å². The van der Waals surface area contributed by atoms with Crippen LogP contribution in [0.15, 0.2) is 59.0 Å². The van der Waals surface area contributed by atoms with E-state index >= 15 is 0 Å². The minimum atomic E-state index is -0.0266. The van der Waals surface area contributed by atoms with Gasteiger partial charge in [0.1, 0.15) is 18.1 Å². The first-order valence-corrected chi connectivity index (χ1v) is 8.61. The summed E-state index contributed by atoms with van der Waals surface area (Å²) in [5, 5.41) is 0. The van der Waals surface area contributed by atoms with Crippen molar-refractivity contribution in [3.05, 3.63) is 75.9 Å². The summed E-state index contributed by atoms with van der Waals surface area (Å²) in [4.78, 5) is 13.9. The van der Waals surface area contributed by atoms with Crippen molar-refractivity contribution >= 4 is 23.2 Å². The molecule has 0 N–H and O–H groups in total. The molecule has 0 saturated heterocycles. The van der Waals surface area contributed by atoms with Crippen LogP contribution in [0.25, 0.3) is 6.08 Å². The number of hydrogen-bond acceptors (Lipinski definition) is 5. The molecule has 1 aromatic carbocycles. The molecule has 2 aromatic heterocycles. The summed E-state index contributed by atoms with van der Waals surface area (Å²) in [6.45, 7) is 2.26. The van der Waals surface area contributed by atoms with Gasteiger partial charge in [0.05, 0.1) is 12.0 Å². The van der Waals surface area contributed by atoms with E-state index in [1.165, 1.54) is 17.4 Å². The minimum absolute atomic E-state index is 0.0266. The van der Waals surface area contributed by atoms with Crippen LogP contribution in [0.2, 0.25) is 0 Å². The Balaban J connectivity index is 1.60. The SMILES string of the molecule is COc1ccccc1OCc1ccc(/C=C/C(=O)c2ccc(C)s2)o1. The summed E-state index contributed by atoms with van der Waals surface area (Å²) in [6, 6.07) is 14.8. The van der Waals surface area contributed by atoms with E-state index in [0.717, 1.165) is 9.75 Å². The predicted octanol–water partition coefficient (Wildman–Crippen LogP) is 5.13. The van der Waals surface area contributed by atoms with Crippen LogP contribution in [0.3, 0.4) is 0 Å². The predicted molar refractivity (Wildman–Crippen MR) is 98.5 cm³/mol. The number of rotatable bonds is 7. The molecule has 0 aliphatic carbocycles. The van der Waals surface area contributed by atoms with Gasteiger partial charge in [-0.15, -0.1) is 11.3 Å². The van der Waals surface area contributed by atoms with Crippen molar-refractivity contribution in [2.24, 2.45) is 0 Å². The molecule has 2 heterocycles. The lowest BCUT2D eigenvalue weighted by molar-refractivity contribution is 0.105. The molecule has 5 heteroatoms. The Bertz CT molecular complexity index is 889. The fourth-order valence-electron chi connectivity index (χ4n) is 2.26. The van der Waals surface area contributed by atoms with Crippen LogP contribution in [0.5, 0.6) is 11.5 Å². The molecule has 0 radical (unpaired) electrons. The summed E-state index contributed by atoms with van der Waals surface area (Å²) in [7, 11) is 1.60. The Labute approximate surface area is 150 Å². The minimum Gasteiger partial charge on any atom is -0.493 e. The first-order chi connectivity index (χ1) is 12.2. The first-order valence-electron chi connectivity index (χ1n) is 7.79. The number of carbonyl (C=O) groups is 1. The number of methoxy groups -OCH3 is 1. The number of thiophene rings is 1. The monoisotopic (exact) mass is 354 g/mol. The van der Waals surface area contributed by atoms with Gasteiger partial charge < -0.3 is 13.9 Å². The van der Waals surface area contributed by atoms with E-state index in [0.29, 0.717) is 23.0 Å². The van der Waals surface area contributed by atoms with Gasteiger partial charge in [0.25, 0.3) is 0 Å².